The van der Waals surface area contributed by atoms with Crippen LogP contribution in [0.15, 0.2) is 24.3 Å². The van der Waals surface area contributed by atoms with Crippen molar-refractivity contribution in [1.29, 1.82) is 0 Å². The number of rotatable bonds is 9. The van der Waals surface area contributed by atoms with Crippen LogP contribution in [0, 0.1) is 23.7 Å². The summed E-state index contributed by atoms with van der Waals surface area (Å²) in [5, 5.41) is 0. The summed E-state index contributed by atoms with van der Waals surface area (Å²) in [5.41, 5.74) is 2.16. The van der Waals surface area contributed by atoms with Crippen LogP contribution in [0.1, 0.15) is 145 Å². The maximum atomic E-state index is 12.7. The number of hydrogen-bond acceptors (Lipinski definition) is 2. The van der Waals surface area contributed by atoms with Gasteiger partial charge < -0.3 is 4.74 Å². The normalized spacial score (nSPS) is 32.3. The molecule has 3 fully saturated rings. The van der Waals surface area contributed by atoms with E-state index in [0.29, 0.717) is 5.92 Å². The van der Waals surface area contributed by atoms with Crippen molar-refractivity contribution in [2.24, 2.45) is 23.7 Å². The Morgan fingerprint density at radius 3 is 1.85 bits per heavy atom. The number of benzene rings is 1. The van der Waals surface area contributed by atoms with Crippen molar-refractivity contribution in [3.63, 3.8) is 0 Å². The second-order valence-corrected chi connectivity index (χ2v) is 12.0. The highest BCUT2D eigenvalue weighted by Crippen LogP contribution is 2.44. The van der Waals surface area contributed by atoms with Crippen molar-refractivity contribution < 1.29 is 9.53 Å². The van der Waals surface area contributed by atoms with Gasteiger partial charge in [-0.3, -0.25) is 0 Å². The van der Waals surface area contributed by atoms with Crippen molar-refractivity contribution in [1.82, 2.24) is 0 Å². The van der Waals surface area contributed by atoms with Gasteiger partial charge in [0.15, 0.2) is 0 Å². The molecule has 3 aliphatic carbocycles. The van der Waals surface area contributed by atoms with Crippen molar-refractivity contribution in [2.75, 3.05) is 0 Å². The summed E-state index contributed by atoms with van der Waals surface area (Å²) in [4.78, 5) is 12.7. The summed E-state index contributed by atoms with van der Waals surface area (Å²) in [5.74, 6) is 4.38. The largest absolute Gasteiger partial charge is 0.459 e. The molecular formula is C32H50O2. The second kappa shape index (κ2) is 13.1. The first kappa shape index (κ1) is 25.8. The van der Waals surface area contributed by atoms with Crippen LogP contribution in [0.5, 0.6) is 0 Å². The summed E-state index contributed by atoms with van der Waals surface area (Å²) in [6.07, 6.45) is 22.8. The van der Waals surface area contributed by atoms with Crippen molar-refractivity contribution >= 4 is 5.97 Å². The molecule has 3 saturated carbocycles. The lowest BCUT2D eigenvalue weighted by atomic mass is 9.68. The minimum atomic E-state index is -0.119. The predicted molar refractivity (Wildman–Crippen MR) is 142 cm³/mol. The zero-order chi connectivity index (χ0) is 23.8. The van der Waals surface area contributed by atoms with E-state index < -0.39 is 0 Å². The topological polar surface area (TPSA) is 26.3 Å². The lowest BCUT2D eigenvalue weighted by Crippen LogP contribution is -2.25. The van der Waals surface area contributed by atoms with Gasteiger partial charge >= 0.3 is 5.97 Å². The quantitative estimate of drug-likeness (QED) is 0.339. The minimum absolute atomic E-state index is 0.119. The summed E-state index contributed by atoms with van der Waals surface area (Å²) < 4.78 is 5.88. The number of unbranched alkanes of at least 4 members (excludes halogenated alkanes) is 1. The van der Waals surface area contributed by atoms with E-state index in [1.807, 2.05) is 12.1 Å². The number of carbonyl (C=O) groups is 1. The van der Waals surface area contributed by atoms with Gasteiger partial charge in [-0.1, -0.05) is 70.9 Å². The number of ether oxygens (including phenoxy) is 1. The fourth-order valence-electron chi connectivity index (χ4n) is 7.42. The first-order valence-corrected chi connectivity index (χ1v) is 15.0. The average Bonchev–Trinajstić information content (AvgIpc) is 2.89. The highest BCUT2D eigenvalue weighted by molar-refractivity contribution is 5.89. The van der Waals surface area contributed by atoms with Crippen LogP contribution in [0.2, 0.25) is 0 Å². The Kier molecular flexibility index (Phi) is 9.95. The van der Waals surface area contributed by atoms with Gasteiger partial charge in [-0.05, 0) is 111 Å². The minimum Gasteiger partial charge on any atom is -0.459 e. The molecule has 1 aromatic carbocycles. The van der Waals surface area contributed by atoms with Crippen molar-refractivity contribution in [2.45, 2.75) is 135 Å². The number of esters is 1. The molecule has 0 aliphatic heterocycles. The van der Waals surface area contributed by atoms with E-state index >= 15 is 0 Å². The molecule has 0 heterocycles. The lowest BCUT2D eigenvalue weighted by Gasteiger charge is -2.38. The van der Waals surface area contributed by atoms with Crippen LogP contribution in [0.3, 0.4) is 0 Å². The number of carbonyl (C=O) groups excluding carboxylic acids is 1. The Balaban J connectivity index is 1.19. The van der Waals surface area contributed by atoms with Crippen LogP contribution >= 0.6 is 0 Å². The molecule has 0 aromatic heterocycles. The van der Waals surface area contributed by atoms with Gasteiger partial charge in [0, 0.05) is 0 Å². The molecule has 34 heavy (non-hydrogen) atoms. The standard InChI is InChI=1S/C32H50O2/c1-3-5-7-25-10-22-31(23-11-25)34-32(33)30-20-18-29(19-21-30)28-16-14-27(15-17-28)26-12-8-24(6-4-2)9-13-26/h18-21,24-28,31H,3-17,22-23H2,1-2H3. The van der Waals surface area contributed by atoms with E-state index in [1.165, 1.54) is 102 Å². The summed E-state index contributed by atoms with van der Waals surface area (Å²) in [7, 11) is 0. The zero-order valence-corrected chi connectivity index (χ0v) is 22.1. The van der Waals surface area contributed by atoms with Gasteiger partial charge in [-0.25, -0.2) is 4.79 Å². The monoisotopic (exact) mass is 466 g/mol. The van der Waals surface area contributed by atoms with E-state index in [2.05, 4.69) is 26.0 Å². The smallest absolute Gasteiger partial charge is 0.338 e. The molecule has 0 atom stereocenters. The zero-order valence-electron chi connectivity index (χ0n) is 22.1. The molecule has 4 rings (SSSR count). The number of hydrogen-bond donors (Lipinski definition) is 0. The molecule has 190 valence electrons. The van der Waals surface area contributed by atoms with E-state index in [4.69, 9.17) is 4.74 Å². The van der Waals surface area contributed by atoms with Crippen LogP contribution < -0.4 is 0 Å². The third-order valence-corrected chi connectivity index (χ3v) is 9.68. The highest BCUT2D eigenvalue weighted by Gasteiger charge is 2.31. The first-order chi connectivity index (χ1) is 16.7. The van der Waals surface area contributed by atoms with Gasteiger partial charge in [0.25, 0.3) is 0 Å². The maximum absolute atomic E-state index is 12.7. The first-order valence-electron chi connectivity index (χ1n) is 15.0. The Bertz CT molecular complexity index is 714. The molecule has 3 aliphatic rings. The van der Waals surface area contributed by atoms with E-state index in [9.17, 15) is 4.79 Å². The highest BCUT2D eigenvalue weighted by atomic mass is 16.5. The molecular weight excluding hydrogens is 416 g/mol. The van der Waals surface area contributed by atoms with Gasteiger partial charge in [-0.15, -0.1) is 0 Å². The van der Waals surface area contributed by atoms with Crippen LogP contribution in [-0.4, -0.2) is 12.1 Å². The molecule has 2 heteroatoms. The Morgan fingerprint density at radius 2 is 1.26 bits per heavy atom. The van der Waals surface area contributed by atoms with Crippen LogP contribution in [0.25, 0.3) is 0 Å². The summed E-state index contributed by atoms with van der Waals surface area (Å²) in [6.45, 7) is 4.60. The van der Waals surface area contributed by atoms with Gasteiger partial charge in [0.1, 0.15) is 6.10 Å². The fraction of sp³-hybridized carbons (Fsp3) is 0.781. The van der Waals surface area contributed by atoms with E-state index in [0.717, 1.165) is 42.1 Å². The third kappa shape index (κ3) is 7.11. The molecule has 0 unspecified atom stereocenters. The molecule has 2 nitrogen and oxygen atoms in total. The lowest BCUT2D eigenvalue weighted by molar-refractivity contribution is 0.0161. The molecule has 0 radical (unpaired) electrons. The summed E-state index contributed by atoms with van der Waals surface area (Å²) >= 11 is 0. The summed E-state index contributed by atoms with van der Waals surface area (Å²) in [6, 6.07) is 8.45. The average molecular weight is 467 g/mol. The molecule has 0 spiro atoms. The van der Waals surface area contributed by atoms with Crippen LogP contribution in [0.4, 0.5) is 0 Å². The Morgan fingerprint density at radius 1 is 0.706 bits per heavy atom. The van der Waals surface area contributed by atoms with E-state index in [-0.39, 0.29) is 12.1 Å². The van der Waals surface area contributed by atoms with Crippen molar-refractivity contribution in [3.8, 4) is 0 Å². The van der Waals surface area contributed by atoms with Gasteiger partial charge in [-0.2, -0.15) is 0 Å². The maximum Gasteiger partial charge on any atom is 0.338 e. The Hall–Kier alpha value is -1.31. The van der Waals surface area contributed by atoms with Crippen LogP contribution in [-0.2, 0) is 4.74 Å². The van der Waals surface area contributed by atoms with Gasteiger partial charge in [0.2, 0.25) is 0 Å². The SMILES string of the molecule is CCCCC1CCC(OC(=O)c2ccc(C3CCC(C4CCC(CCC)CC4)CC3)cc2)CC1. The fourth-order valence-corrected chi connectivity index (χ4v) is 7.42. The third-order valence-electron chi connectivity index (χ3n) is 9.68. The molecule has 1 aromatic rings. The molecule has 0 saturated heterocycles. The Labute approximate surface area is 209 Å². The molecule has 0 amide bonds. The predicted octanol–water partition coefficient (Wildman–Crippen LogP) is 9.47. The van der Waals surface area contributed by atoms with E-state index in [1.54, 1.807) is 0 Å². The molecule has 0 bridgehead atoms. The molecule has 0 N–H and O–H groups in total. The van der Waals surface area contributed by atoms with Crippen molar-refractivity contribution in [3.05, 3.63) is 35.4 Å². The second-order valence-electron chi connectivity index (χ2n) is 12.0. The van der Waals surface area contributed by atoms with Gasteiger partial charge in [0.05, 0.1) is 5.56 Å².